The molecule has 0 unspecified atom stereocenters. The van der Waals surface area contributed by atoms with Crippen LogP contribution in [-0.2, 0) is 24.3 Å². The van der Waals surface area contributed by atoms with Crippen LogP contribution in [0.25, 0.3) is 5.53 Å². The normalized spacial score (nSPS) is 17.5. The molecular weight excluding hydrogens is 212 g/mol. The van der Waals surface area contributed by atoms with Crippen molar-refractivity contribution in [2.75, 3.05) is 0 Å². The molecule has 1 aliphatic rings. The first-order valence-electron chi connectivity index (χ1n) is 3.20. The predicted molar refractivity (Wildman–Crippen MR) is 41.3 cm³/mol. The van der Waals surface area contributed by atoms with Crippen LogP contribution in [0.15, 0.2) is 22.8 Å². The standard InChI is InChI=1S/C6H2N2O5S/c7-8-5-3(9)1-2-4(10)6(5)14(11,12)13/h1-2H. The Morgan fingerprint density at radius 1 is 1.14 bits per heavy atom. The first-order chi connectivity index (χ1) is 6.38. The van der Waals surface area contributed by atoms with Gasteiger partial charge >= 0.3 is 15.8 Å². The molecule has 0 amide bonds. The maximum Gasteiger partial charge on any atom is 0.335 e. The van der Waals surface area contributed by atoms with Crippen molar-refractivity contribution in [3.8, 4) is 0 Å². The van der Waals surface area contributed by atoms with Crippen molar-refractivity contribution in [1.29, 1.82) is 0 Å². The summed E-state index contributed by atoms with van der Waals surface area (Å²) in [4.78, 5) is 20.5. The average molecular weight is 214 g/mol. The maximum absolute atomic E-state index is 10.9. The predicted octanol–water partition coefficient (Wildman–Crippen LogP) is -0.976. The van der Waals surface area contributed by atoms with Gasteiger partial charge in [0.15, 0.2) is 0 Å². The van der Waals surface area contributed by atoms with E-state index in [-0.39, 0.29) is 0 Å². The first-order valence-corrected chi connectivity index (χ1v) is 4.60. The van der Waals surface area contributed by atoms with Gasteiger partial charge in [-0.15, -0.1) is 0 Å². The summed E-state index contributed by atoms with van der Waals surface area (Å²) in [7, 11) is -5.11. The quantitative estimate of drug-likeness (QED) is 0.432. The van der Waals surface area contributed by atoms with E-state index in [1.807, 2.05) is 0 Å². The van der Waals surface area contributed by atoms with Gasteiger partial charge in [0, 0.05) is 0 Å². The van der Waals surface area contributed by atoms with Gasteiger partial charge in [-0.05, 0) is 17.3 Å². The lowest BCUT2D eigenvalue weighted by molar-refractivity contribution is -0.115. The lowest BCUT2D eigenvalue weighted by Gasteiger charge is -2.00. The number of hydrogen-bond donors (Lipinski definition) is 0. The van der Waals surface area contributed by atoms with E-state index in [1.165, 1.54) is 0 Å². The molecule has 14 heavy (non-hydrogen) atoms. The third-order valence-corrected chi connectivity index (χ3v) is 2.30. The fourth-order valence-corrected chi connectivity index (χ4v) is 1.56. The Balaban J connectivity index is 3.54. The van der Waals surface area contributed by atoms with E-state index >= 15 is 0 Å². The molecule has 0 atom stereocenters. The van der Waals surface area contributed by atoms with Crippen molar-refractivity contribution >= 4 is 21.7 Å². The fourth-order valence-electron chi connectivity index (χ4n) is 0.871. The lowest BCUT2D eigenvalue weighted by atomic mass is 10.1. The van der Waals surface area contributed by atoms with Crippen molar-refractivity contribution in [2.24, 2.45) is 0 Å². The van der Waals surface area contributed by atoms with E-state index in [0.717, 1.165) is 0 Å². The zero-order chi connectivity index (χ0) is 10.9. The molecule has 0 heterocycles. The van der Waals surface area contributed by atoms with Gasteiger partial charge in [0.25, 0.3) is 5.78 Å². The molecular formula is C6H2N2O5S. The fraction of sp³-hybridized carbons (Fsp3) is 0. The smallest absolute Gasteiger partial charge is 0.335 e. The molecule has 0 aliphatic heterocycles. The molecule has 72 valence electrons. The first kappa shape index (κ1) is 10.4. The molecule has 0 aromatic heterocycles. The van der Waals surface area contributed by atoms with Crippen molar-refractivity contribution in [2.45, 2.75) is 0 Å². The third-order valence-electron chi connectivity index (χ3n) is 1.41. The number of allylic oxidation sites excluding steroid dienone is 3. The Morgan fingerprint density at radius 2 is 1.64 bits per heavy atom. The summed E-state index contributed by atoms with van der Waals surface area (Å²) in [5.74, 6) is -2.19. The zero-order valence-electron chi connectivity index (χ0n) is 6.50. The Bertz CT molecular complexity index is 484. The lowest BCUT2D eigenvalue weighted by Crippen LogP contribution is -2.21. The second kappa shape index (κ2) is 3.24. The Labute approximate surface area is 78.4 Å². The SMILES string of the molecule is [N-]=[N+]C1=C(S([O])(=O)=O)C(=O)C=CC1=O. The summed E-state index contributed by atoms with van der Waals surface area (Å²) < 4.78 is 31.6. The molecule has 0 bridgehead atoms. The highest BCUT2D eigenvalue weighted by molar-refractivity contribution is 7.90. The van der Waals surface area contributed by atoms with Crippen LogP contribution in [0.5, 0.6) is 0 Å². The minimum atomic E-state index is -5.11. The molecule has 2 radical (unpaired) electrons. The topological polar surface area (TPSA) is 125 Å². The second-order valence-corrected chi connectivity index (χ2v) is 3.61. The van der Waals surface area contributed by atoms with Gasteiger partial charge in [0.2, 0.25) is 10.7 Å². The van der Waals surface area contributed by atoms with Crippen molar-refractivity contribution in [3.63, 3.8) is 0 Å². The van der Waals surface area contributed by atoms with Crippen LogP contribution >= 0.6 is 0 Å². The minimum Gasteiger partial charge on any atom is -0.424 e. The molecule has 0 aromatic carbocycles. The Hall–Kier alpha value is -1.67. The summed E-state index contributed by atoms with van der Waals surface area (Å²) in [5.41, 5.74) is 7.22. The zero-order valence-corrected chi connectivity index (χ0v) is 7.32. The van der Waals surface area contributed by atoms with Gasteiger partial charge in [-0.25, -0.2) is 0 Å². The molecule has 0 saturated heterocycles. The van der Waals surface area contributed by atoms with E-state index in [0.29, 0.717) is 12.2 Å². The summed E-state index contributed by atoms with van der Waals surface area (Å²) in [6.07, 6.45) is 1.34. The van der Waals surface area contributed by atoms with E-state index in [2.05, 4.69) is 5.11 Å². The number of nitrogens with zero attached hydrogens (tertiary/aromatic N) is 2. The Kier molecular flexibility index (Phi) is 2.41. The largest absolute Gasteiger partial charge is 0.424 e. The van der Waals surface area contributed by atoms with E-state index in [9.17, 15) is 22.6 Å². The van der Waals surface area contributed by atoms with Crippen molar-refractivity contribution in [3.05, 3.63) is 28.3 Å². The summed E-state index contributed by atoms with van der Waals surface area (Å²) in [5, 5.41) is 2.31. The summed E-state index contributed by atoms with van der Waals surface area (Å²) in [6.45, 7) is 0. The summed E-state index contributed by atoms with van der Waals surface area (Å²) in [6, 6.07) is 0. The van der Waals surface area contributed by atoms with Gasteiger partial charge in [0.05, 0.1) is 0 Å². The molecule has 1 rings (SSSR count). The average Bonchev–Trinajstić information content (AvgIpc) is 2.06. The van der Waals surface area contributed by atoms with Crippen LogP contribution in [0.3, 0.4) is 0 Å². The van der Waals surface area contributed by atoms with Gasteiger partial charge < -0.3 is 5.53 Å². The molecule has 0 saturated carbocycles. The molecule has 0 fully saturated rings. The van der Waals surface area contributed by atoms with E-state index in [1.54, 1.807) is 0 Å². The molecule has 0 spiro atoms. The van der Waals surface area contributed by atoms with E-state index in [4.69, 9.17) is 5.53 Å². The Morgan fingerprint density at radius 3 is 2.00 bits per heavy atom. The highest BCUT2D eigenvalue weighted by atomic mass is 32.2. The van der Waals surface area contributed by atoms with E-state index < -0.39 is 32.3 Å². The number of carbonyl (C=O) groups excluding carboxylic acids is 2. The van der Waals surface area contributed by atoms with Gasteiger partial charge in [-0.1, -0.05) is 4.55 Å². The molecule has 0 aromatic rings. The number of carbonyl (C=O) groups is 2. The molecule has 1 aliphatic carbocycles. The maximum atomic E-state index is 10.9. The summed E-state index contributed by atoms with van der Waals surface area (Å²) >= 11 is 0. The second-order valence-electron chi connectivity index (χ2n) is 2.29. The van der Waals surface area contributed by atoms with Gasteiger partial charge in [0.1, 0.15) is 0 Å². The van der Waals surface area contributed by atoms with Crippen molar-refractivity contribution in [1.82, 2.24) is 5.11 Å². The van der Waals surface area contributed by atoms with Crippen LogP contribution in [0.4, 0.5) is 0 Å². The van der Waals surface area contributed by atoms with Crippen LogP contribution in [0.2, 0.25) is 0 Å². The minimum absolute atomic E-state index is 0.627. The monoisotopic (exact) mass is 214 g/mol. The molecule has 0 N–H and O–H groups in total. The highest BCUT2D eigenvalue weighted by Crippen LogP contribution is 2.17. The number of rotatable bonds is 2. The highest BCUT2D eigenvalue weighted by Gasteiger charge is 2.38. The third kappa shape index (κ3) is 1.65. The van der Waals surface area contributed by atoms with Gasteiger partial charge in [-0.3, -0.25) is 9.59 Å². The van der Waals surface area contributed by atoms with Gasteiger partial charge in [-0.2, -0.15) is 8.42 Å². The number of hydrogen-bond acceptors (Lipinski definition) is 5. The van der Waals surface area contributed by atoms with Crippen LogP contribution in [0, 0.1) is 0 Å². The number of ketones is 2. The molecule has 7 nitrogen and oxygen atoms in total. The van der Waals surface area contributed by atoms with Crippen LogP contribution in [0.1, 0.15) is 0 Å². The van der Waals surface area contributed by atoms with Crippen molar-refractivity contribution < 1.29 is 22.6 Å². The van der Waals surface area contributed by atoms with Crippen LogP contribution in [-0.4, -0.2) is 20.0 Å². The molecule has 8 heteroatoms. The van der Waals surface area contributed by atoms with Crippen LogP contribution < -0.4 is 5.11 Å².